The van der Waals surface area contributed by atoms with E-state index >= 15 is 0 Å². The summed E-state index contributed by atoms with van der Waals surface area (Å²) in [6, 6.07) is 9.71. The quantitative estimate of drug-likeness (QED) is 0.496. The van der Waals surface area contributed by atoms with Gasteiger partial charge in [0.15, 0.2) is 9.84 Å². The Kier molecular flexibility index (Phi) is 5.82. The van der Waals surface area contributed by atoms with Gasteiger partial charge in [0.2, 0.25) is 5.88 Å². The van der Waals surface area contributed by atoms with Crippen molar-refractivity contribution in [2.24, 2.45) is 11.1 Å². The van der Waals surface area contributed by atoms with Crippen molar-refractivity contribution in [1.82, 2.24) is 20.1 Å². The molecule has 0 atom stereocenters. The highest BCUT2D eigenvalue weighted by Gasteiger charge is 2.54. The van der Waals surface area contributed by atoms with E-state index in [1.54, 1.807) is 42.1 Å². The van der Waals surface area contributed by atoms with Crippen molar-refractivity contribution in [1.29, 1.82) is 0 Å². The zero-order valence-corrected chi connectivity index (χ0v) is 20.8. The SMILES string of the molecule is Cc1c(C(=O)NC2CC3(C2)CC(Oc2ncccc2C(N)=O)C3)cnn1-c1ccc(S(C)(=O)=O)cc1. The molecule has 1 spiro atoms. The van der Waals surface area contributed by atoms with Crippen molar-refractivity contribution in [3.63, 3.8) is 0 Å². The van der Waals surface area contributed by atoms with Gasteiger partial charge in [-0.25, -0.2) is 18.1 Å². The number of ether oxygens (including phenoxy) is 1. The van der Waals surface area contributed by atoms with Crippen molar-refractivity contribution < 1.29 is 22.7 Å². The second kappa shape index (κ2) is 8.74. The Morgan fingerprint density at radius 2 is 1.81 bits per heavy atom. The van der Waals surface area contributed by atoms with Gasteiger partial charge in [-0.2, -0.15) is 5.10 Å². The third-order valence-corrected chi connectivity index (χ3v) is 8.22. The highest BCUT2D eigenvalue weighted by atomic mass is 32.2. The van der Waals surface area contributed by atoms with Crippen LogP contribution in [0.15, 0.2) is 53.7 Å². The molecule has 0 aliphatic heterocycles. The normalized spacial score (nSPS) is 22.9. The van der Waals surface area contributed by atoms with Gasteiger partial charge < -0.3 is 15.8 Å². The van der Waals surface area contributed by atoms with Crippen LogP contribution in [0.5, 0.6) is 5.88 Å². The topological polar surface area (TPSA) is 146 Å². The molecule has 2 heterocycles. The molecule has 2 saturated carbocycles. The van der Waals surface area contributed by atoms with Crippen LogP contribution < -0.4 is 15.8 Å². The second-order valence-corrected chi connectivity index (χ2v) is 11.8. The third kappa shape index (κ3) is 4.46. The fourth-order valence-electron chi connectivity index (χ4n) is 5.23. The summed E-state index contributed by atoms with van der Waals surface area (Å²) in [5, 5.41) is 7.42. The molecule has 0 unspecified atom stereocenters. The van der Waals surface area contributed by atoms with E-state index in [1.807, 2.05) is 0 Å². The van der Waals surface area contributed by atoms with E-state index in [-0.39, 0.29) is 39.8 Å². The number of hydrogen-bond acceptors (Lipinski definition) is 7. The Balaban J connectivity index is 1.15. The Bertz CT molecular complexity index is 1430. The van der Waals surface area contributed by atoms with Gasteiger partial charge in [-0.15, -0.1) is 0 Å². The summed E-state index contributed by atoms with van der Waals surface area (Å²) in [6.07, 6.45) is 7.64. The lowest BCUT2D eigenvalue weighted by Crippen LogP contribution is -2.58. The summed E-state index contributed by atoms with van der Waals surface area (Å²) in [5.74, 6) is -0.478. The molecule has 3 N–H and O–H groups in total. The molecule has 1 aromatic carbocycles. The van der Waals surface area contributed by atoms with Gasteiger partial charge in [-0.05, 0) is 74.4 Å². The molecular formula is C25H27N5O5S. The number of nitrogens with zero attached hydrogens (tertiary/aromatic N) is 3. The number of rotatable bonds is 7. The number of nitrogens with two attached hydrogens (primary N) is 1. The maximum Gasteiger partial charge on any atom is 0.254 e. The number of aromatic nitrogens is 3. The lowest BCUT2D eigenvalue weighted by Gasteiger charge is -2.57. The summed E-state index contributed by atoms with van der Waals surface area (Å²) in [6.45, 7) is 1.81. The molecule has 36 heavy (non-hydrogen) atoms. The Labute approximate surface area is 208 Å². The van der Waals surface area contributed by atoms with Crippen molar-refractivity contribution in [2.75, 3.05) is 6.26 Å². The zero-order valence-electron chi connectivity index (χ0n) is 20.0. The average Bonchev–Trinajstić information content (AvgIpc) is 3.17. The number of carbonyl (C=O) groups excluding carboxylic acids is 2. The highest BCUT2D eigenvalue weighted by molar-refractivity contribution is 7.90. The lowest BCUT2D eigenvalue weighted by molar-refractivity contribution is -0.0848. The van der Waals surface area contributed by atoms with Gasteiger partial charge in [0.05, 0.1) is 28.0 Å². The summed E-state index contributed by atoms with van der Waals surface area (Å²) >= 11 is 0. The van der Waals surface area contributed by atoms with Gasteiger partial charge in [0, 0.05) is 18.5 Å². The first-order chi connectivity index (χ1) is 17.0. The first-order valence-corrected chi connectivity index (χ1v) is 13.5. The van der Waals surface area contributed by atoms with E-state index in [1.165, 1.54) is 18.3 Å². The predicted molar refractivity (Wildman–Crippen MR) is 131 cm³/mol. The molecule has 2 aliphatic rings. The molecule has 0 saturated heterocycles. The van der Waals surface area contributed by atoms with Crippen LogP contribution in [0.4, 0.5) is 0 Å². The van der Waals surface area contributed by atoms with Gasteiger partial charge in [0.25, 0.3) is 11.8 Å². The largest absolute Gasteiger partial charge is 0.474 e. The highest BCUT2D eigenvalue weighted by Crippen LogP contribution is 2.56. The Hall–Kier alpha value is -3.73. The number of primary amides is 1. The molecule has 0 bridgehead atoms. The smallest absolute Gasteiger partial charge is 0.254 e. The summed E-state index contributed by atoms with van der Waals surface area (Å²) in [4.78, 5) is 28.8. The molecule has 0 radical (unpaired) electrons. The minimum absolute atomic E-state index is 0.0239. The first kappa shape index (κ1) is 24.0. The molecular weight excluding hydrogens is 482 g/mol. The van der Waals surface area contributed by atoms with Gasteiger partial charge in [-0.3, -0.25) is 9.59 Å². The molecule has 3 aromatic rings. The Morgan fingerprint density at radius 3 is 2.44 bits per heavy atom. The van der Waals surface area contributed by atoms with Crippen LogP contribution in [0, 0.1) is 12.3 Å². The van der Waals surface area contributed by atoms with Crippen LogP contribution in [0.1, 0.15) is 52.1 Å². The van der Waals surface area contributed by atoms with Crippen LogP contribution in [0.25, 0.3) is 5.69 Å². The number of pyridine rings is 1. The van der Waals surface area contributed by atoms with Crippen LogP contribution in [-0.4, -0.2) is 53.4 Å². The van der Waals surface area contributed by atoms with Crippen LogP contribution in [-0.2, 0) is 9.84 Å². The maximum absolute atomic E-state index is 12.9. The number of hydrogen-bond donors (Lipinski definition) is 2. The van der Waals surface area contributed by atoms with Crippen LogP contribution in [0.3, 0.4) is 0 Å². The van der Waals surface area contributed by atoms with E-state index in [0.717, 1.165) is 31.9 Å². The van der Waals surface area contributed by atoms with E-state index in [2.05, 4.69) is 15.4 Å². The molecule has 2 aliphatic carbocycles. The molecule has 5 rings (SSSR count). The van der Waals surface area contributed by atoms with Crippen molar-refractivity contribution in [3.8, 4) is 11.6 Å². The second-order valence-electron chi connectivity index (χ2n) is 9.77. The van der Waals surface area contributed by atoms with Crippen molar-refractivity contribution in [2.45, 2.75) is 49.6 Å². The van der Waals surface area contributed by atoms with Crippen molar-refractivity contribution in [3.05, 3.63) is 65.6 Å². The van der Waals surface area contributed by atoms with Gasteiger partial charge in [-0.1, -0.05) is 0 Å². The first-order valence-electron chi connectivity index (χ1n) is 11.6. The molecule has 10 nitrogen and oxygen atoms in total. The third-order valence-electron chi connectivity index (χ3n) is 7.09. The predicted octanol–water partition coefficient (Wildman–Crippen LogP) is 2.20. The summed E-state index contributed by atoms with van der Waals surface area (Å²) in [7, 11) is -3.29. The molecule has 2 aromatic heterocycles. The summed E-state index contributed by atoms with van der Waals surface area (Å²) in [5.41, 5.74) is 7.64. The maximum atomic E-state index is 12.9. The van der Waals surface area contributed by atoms with Gasteiger partial charge >= 0.3 is 0 Å². The summed E-state index contributed by atoms with van der Waals surface area (Å²) < 4.78 is 30.9. The monoisotopic (exact) mass is 509 g/mol. The number of sulfone groups is 1. The lowest BCUT2D eigenvalue weighted by atomic mass is 9.53. The molecule has 11 heteroatoms. The number of benzene rings is 1. The van der Waals surface area contributed by atoms with Crippen molar-refractivity contribution >= 4 is 21.7 Å². The number of carbonyl (C=O) groups is 2. The molecule has 2 fully saturated rings. The average molecular weight is 510 g/mol. The zero-order chi connectivity index (χ0) is 25.7. The Morgan fingerprint density at radius 1 is 1.11 bits per heavy atom. The fraction of sp³-hybridized carbons (Fsp3) is 0.360. The number of nitrogens with one attached hydrogen (secondary N) is 1. The minimum Gasteiger partial charge on any atom is -0.474 e. The number of amides is 2. The minimum atomic E-state index is -3.29. The van der Waals surface area contributed by atoms with E-state index in [4.69, 9.17) is 10.5 Å². The van der Waals surface area contributed by atoms with Gasteiger partial charge in [0.1, 0.15) is 11.7 Å². The molecule has 188 valence electrons. The molecule has 2 amide bonds. The fourth-order valence-corrected chi connectivity index (χ4v) is 5.86. The standard InChI is InChI=1S/C25H27N5O5S/c1-15-21(14-28-30(15)17-5-7-19(8-6-17)36(2,33)34)23(32)29-16-10-25(11-16)12-18(13-25)35-24-20(22(26)31)4-3-9-27-24/h3-9,14,16,18H,10-13H2,1-2H3,(H2,26,31)(H,29,32). The van der Waals surface area contributed by atoms with E-state index in [0.29, 0.717) is 16.9 Å². The van der Waals surface area contributed by atoms with Crippen LogP contribution in [0.2, 0.25) is 0 Å². The van der Waals surface area contributed by atoms with E-state index in [9.17, 15) is 18.0 Å². The van der Waals surface area contributed by atoms with E-state index < -0.39 is 15.7 Å². The van der Waals surface area contributed by atoms with Crippen LogP contribution >= 0.6 is 0 Å².